The predicted molar refractivity (Wildman–Crippen MR) is 188 cm³/mol. The van der Waals surface area contributed by atoms with Crippen molar-refractivity contribution in [1.82, 2.24) is 30.8 Å². The van der Waals surface area contributed by atoms with Crippen LogP contribution in [0.3, 0.4) is 0 Å². The summed E-state index contributed by atoms with van der Waals surface area (Å²) >= 11 is 0. The van der Waals surface area contributed by atoms with Crippen LogP contribution in [-0.2, 0) is 10.2 Å². The summed E-state index contributed by atoms with van der Waals surface area (Å²) in [7, 11) is 1.55. The predicted octanol–water partition coefficient (Wildman–Crippen LogP) is 6.49. The van der Waals surface area contributed by atoms with E-state index in [1.807, 2.05) is 75.4 Å². The fourth-order valence-electron chi connectivity index (χ4n) is 6.50. The molecule has 1 unspecified atom stereocenters. The summed E-state index contributed by atoms with van der Waals surface area (Å²) in [5, 5.41) is 18.6. The SMILES string of the molecule is COc1cc(OC(c2nn[nH]n2)C(c2ccccc2)(c2ccccc2)c2ccccc2)cc(C(=O)NC2CCN(C(=O)OC(C)(C)C)CC2)c1. The maximum Gasteiger partial charge on any atom is 0.410 e. The third-order valence-corrected chi connectivity index (χ3v) is 8.79. The van der Waals surface area contributed by atoms with Gasteiger partial charge in [0.2, 0.25) is 5.82 Å². The first kappa shape index (κ1) is 34.2. The number of hydrogen-bond donors (Lipinski definition) is 2. The molecular formula is C39H42N6O5. The average molecular weight is 675 g/mol. The van der Waals surface area contributed by atoms with Gasteiger partial charge >= 0.3 is 6.09 Å². The van der Waals surface area contributed by atoms with E-state index in [-0.39, 0.29) is 18.0 Å². The second-order valence-electron chi connectivity index (χ2n) is 13.3. The minimum atomic E-state index is -0.957. The van der Waals surface area contributed by atoms with Crippen molar-refractivity contribution in [3.63, 3.8) is 0 Å². The molecule has 0 aliphatic carbocycles. The molecule has 0 saturated carbocycles. The van der Waals surface area contributed by atoms with Crippen molar-refractivity contribution >= 4 is 12.0 Å². The van der Waals surface area contributed by atoms with Crippen molar-refractivity contribution in [1.29, 1.82) is 0 Å². The van der Waals surface area contributed by atoms with Gasteiger partial charge in [-0.1, -0.05) is 96.2 Å². The molecule has 1 saturated heterocycles. The molecule has 1 aliphatic heterocycles. The Hall–Kier alpha value is -5.71. The summed E-state index contributed by atoms with van der Waals surface area (Å²) in [5.41, 5.74) is 1.69. The monoisotopic (exact) mass is 674 g/mol. The quantitative estimate of drug-likeness (QED) is 0.161. The Balaban J connectivity index is 1.35. The van der Waals surface area contributed by atoms with Gasteiger partial charge in [0.25, 0.3) is 5.91 Å². The van der Waals surface area contributed by atoms with Gasteiger partial charge in [0.05, 0.1) is 12.5 Å². The Bertz CT molecular complexity index is 1760. The van der Waals surface area contributed by atoms with Gasteiger partial charge in [-0.2, -0.15) is 5.21 Å². The molecule has 4 aromatic carbocycles. The summed E-state index contributed by atoms with van der Waals surface area (Å²) in [5.74, 6) is 0.883. The molecule has 0 bridgehead atoms. The third-order valence-electron chi connectivity index (χ3n) is 8.79. The molecule has 1 atom stereocenters. The number of tetrazole rings is 1. The van der Waals surface area contributed by atoms with Crippen LogP contribution >= 0.6 is 0 Å². The Morgan fingerprint density at radius 1 is 0.820 bits per heavy atom. The van der Waals surface area contributed by atoms with Gasteiger partial charge in [0.15, 0.2) is 6.10 Å². The molecule has 5 aromatic rings. The number of aromatic nitrogens is 4. The number of rotatable bonds is 10. The van der Waals surface area contributed by atoms with E-state index in [2.05, 4.69) is 62.3 Å². The van der Waals surface area contributed by atoms with Crippen molar-refractivity contribution in [2.24, 2.45) is 0 Å². The van der Waals surface area contributed by atoms with Crippen molar-refractivity contribution in [3.8, 4) is 11.5 Å². The van der Waals surface area contributed by atoms with Crippen LogP contribution in [0.15, 0.2) is 109 Å². The second-order valence-corrected chi connectivity index (χ2v) is 13.3. The van der Waals surface area contributed by atoms with Gasteiger partial charge in [-0.3, -0.25) is 4.79 Å². The van der Waals surface area contributed by atoms with Crippen LogP contribution in [-0.4, -0.2) is 69.4 Å². The molecule has 2 N–H and O–H groups in total. The zero-order valence-corrected chi connectivity index (χ0v) is 28.7. The summed E-state index contributed by atoms with van der Waals surface area (Å²) in [6.07, 6.45) is 0.0111. The molecule has 0 radical (unpaired) electrons. The van der Waals surface area contributed by atoms with E-state index >= 15 is 0 Å². The Morgan fingerprint density at radius 2 is 1.36 bits per heavy atom. The lowest BCUT2D eigenvalue weighted by atomic mass is 9.65. The van der Waals surface area contributed by atoms with Crippen LogP contribution in [0.1, 0.15) is 72.6 Å². The lowest BCUT2D eigenvalue weighted by Gasteiger charge is -2.41. The number of amides is 2. The van der Waals surface area contributed by atoms with Crippen LogP contribution in [0.2, 0.25) is 0 Å². The number of likely N-dealkylation sites (tertiary alicyclic amines) is 1. The number of piperidine rings is 1. The van der Waals surface area contributed by atoms with Gasteiger partial charge < -0.3 is 24.4 Å². The largest absolute Gasteiger partial charge is 0.497 e. The fourth-order valence-corrected chi connectivity index (χ4v) is 6.50. The number of carbonyl (C=O) groups excluding carboxylic acids is 2. The maximum atomic E-state index is 13.7. The minimum Gasteiger partial charge on any atom is -0.497 e. The summed E-state index contributed by atoms with van der Waals surface area (Å²) in [4.78, 5) is 28.0. The Morgan fingerprint density at radius 3 is 1.84 bits per heavy atom. The van der Waals surface area contributed by atoms with Gasteiger partial charge in [0, 0.05) is 30.8 Å². The number of nitrogens with zero attached hydrogens (tertiary/aromatic N) is 4. The number of H-pyrrole nitrogens is 1. The summed E-state index contributed by atoms with van der Waals surface area (Å²) in [6.45, 7) is 6.51. The Labute approximate surface area is 292 Å². The van der Waals surface area contributed by atoms with Gasteiger partial charge in [-0.15, -0.1) is 10.2 Å². The molecule has 50 heavy (non-hydrogen) atoms. The highest BCUT2D eigenvalue weighted by atomic mass is 16.6. The number of nitrogens with one attached hydrogen (secondary N) is 2. The van der Waals surface area contributed by atoms with Crippen LogP contribution in [0.5, 0.6) is 11.5 Å². The number of methoxy groups -OCH3 is 1. The highest BCUT2D eigenvalue weighted by Gasteiger charge is 2.48. The van der Waals surface area contributed by atoms with Crippen LogP contribution in [0.25, 0.3) is 0 Å². The number of carbonyl (C=O) groups is 2. The lowest BCUT2D eigenvalue weighted by molar-refractivity contribution is 0.0199. The first-order valence-corrected chi connectivity index (χ1v) is 16.7. The molecule has 2 heterocycles. The molecule has 11 nitrogen and oxygen atoms in total. The van der Waals surface area contributed by atoms with Crippen LogP contribution in [0, 0.1) is 0 Å². The van der Waals surface area contributed by atoms with E-state index in [0.717, 1.165) is 16.7 Å². The highest BCUT2D eigenvalue weighted by Crippen LogP contribution is 2.49. The van der Waals surface area contributed by atoms with Gasteiger partial charge in [-0.25, -0.2) is 4.79 Å². The minimum absolute atomic E-state index is 0.120. The summed E-state index contributed by atoms with van der Waals surface area (Å²) < 4.78 is 18.2. The van der Waals surface area contributed by atoms with Crippen LogP contribution < -0.4 is 14.8 Å². The number of hydrogen-bond acceptors (Lipinski definition) is 8. The van der Waals surface area contributed by atoms with E-state index in [9.17, 15) is 9.59 Å². The number of aromatic amines is 1. The van der Waals surface area contributed by atoms with E-state index < -0.39 is 17.1 Å². The van der Waals surface area contributed by atoms with Crippen LogP contribution in [0.4, 0.5) is 4.79 Å². The first-order valence-electron chi connectivity index (χ1n) is 16.7. The maximum absolute atomic E-state index is 13.7. The normalized spacial score (nSPS) is 14.4. The molecule has 1 fully saturated rings. The molecule has 6 rings (SSSR count). The Kier molecular flexibility index (Phi) is 10.1. The first-order chi connectivity index (χ1) is 24.2. The highest BCUT2D eigenvalue weighted by molar-refractivity contribution is 5.95. The second kappa shape index (κ2) is 14.8. The molecule has 1 aliphatic rings. The van der Waals surface area contributed by atoms with Gasteiger partial charge in [-0.05, 0) is 62.4 Å². The smallest absolute Gasteiger partial charge is 0.410 e. The van der Waals surface area contributed by atoms with E-state index in [0.29, 0.717) is 48.8 Å². The van der Waals surface area contributed by atoms with Crippen molar-refractivity contribution in [2.75, 3.05) is 20.2 Å². The lowest BCUT2D eigenvalue weighted by Crippen LogP contribution is -2.47. The summed E-state index contributed by atoms with van der Waals surface area (Å²) in [6, 6.07) is 35.3. The topological polar surface area (TPSA) is 132 Å². The van der Waals surface area contributed by atoms with Gasteiger partial charge in [0.1, 0.15) is 17.1 Å². The number of benzene rings is 4. The fraction of sp³-hybridized carbons (Fsp3) is 0.308. The molecule has 0 spiro atoms. The van der Waals surface area contributed by atoms with Crippen molar-refractivity contribution < 1.29 is 23.8 Å². The van der Waals surface area contributed by atoms with E-state index in [1.54, 1.807) is 30.2 Å². The van der Waals surface area contributed by atoms with E-state index in [1.165, 1.54) is 0 Å². The standard InChI is InChI=1S/C39H42N6O5/c1-38(2,3)50-37(47)45-22-20-31(21-23-45)40-36(46)27-24-32(48-4)26-33(25-27)49-34(35-41-43-44-42-35)39(28-14-8-5-9-15-28,29-16-10-6-11-17-29)30-18-12-7-13-19-30/h5-19,24-26,31,34H,20-23H2,1-4H3,(H,40,46)(H,41,42,43,44). The molecule has 1 aromatic heterocycles. The zero-order valence-electron chi connectivity index (χ0n) is 28.7. The molecule has 11 heteroatoms. The molecular weight excluding hydrogens is 632 g/mol. The number of ether oxygens (including phenoxy) is 3. The molecule has 2 amide bonds. The third kappa shape index (κ3) is 7.46. The van der Waals surface area contributed by atoms with Crippen molar-refractivity contribution in [3.05, 3.63) is 137 Å². The van der Waals surface area contributed by atoms with Crippen molar-refractivity contribution in [2.45, 2.75) is 56.8 Å². The van der Waals surface area contributed by atoms with E-state index in [4.69, 9.17) is 14.2 Å². The molecule has 258 valence electrons. The zero-order chi connectivity index (χ0) is 35.1. The average Bonchev–Trinajstić information content (AvgIpc) is 3.67.